The van der Waals surface area contributed by atoms with Crippen LogP contribution in [0.5, 0.6) is 0 Å². The molecule has 0 bridgehead atoms. The first-order chi connectivity index (χ1) is 12.1. The SMILES string of the molecule is CC(=C/c1ccccc1)/C=C1\SC(=S)N([C@@H](C)c2ccccc2)C1=O. The molecule has 126 valence electrons. The van der Waals surface area contributed by atoms with Gasteiger partial charge in [-0.15, -0.1) is 0 Å². The fraction of sp³-hybridized carbons (Fsp3) is 0.143. The molecule has 0 saturated carbocycles. The lowest BCUT2D eigenvalue weighted by molar-refractivity contribution is -0.123. The van der Waals surface area contributed by atoms with Gasteiger partial charge < -0.3 is 0 Å². The van der Waals surface area contributed by atoms with Crippen molar-refractivity contribution in [1.29, 1.82) is 0 Å². The Balaban J connectivity index is 1.82. The van der Waals surface area contributed by atoms with Gasteiger partial charge in [-0.05, 0) is 36.6 Å². The van der Waals surface area contributed by atoms with Gasteiger partial charge in [0.15, 0.2) is 0 Å². The summed E-state index contributed by atoms with van der Waals surface area (Å²) < 4.78 is 0.611. The molecule has 0 aliphatic carbocycles. The first-order valence-electron chi connectivity index (χ1n) is 8.11. The molecule has 2 aromatic rings. The summed E-state index contributed by atoms with van der Waals surface area (Å²) in [6.45, 7) is 4.01. The van der Waals surface area contributed by atoms with E-state index in [1.807, 2.05) is 80.6 Å². The standard InChI is InChI=1S/C21H19NOS2/c1-15(13-17-9-5-3-6-10-17)14-19-20(23)22(21(24)25-19)16(2)18-11-7-4-8-12-18/h3-14,16H,1-2H3/b15-13-,19-14-/t16-/m0/s1. The van der Waals surface area contributed by atoms with E-state index in [1.54, 1.807) is 4.90 Å². The van der Waals surface area contributed by atoms with E-state index in [0.717, 1.165) is 16.7 Å². The summed E-state index contributed by atoms with van der Waals surface area (Å²) in [5.74, 6) is -0.0211. The number of allylic oxidation sites excluding steroid dienone is 2. The van der Waals surface area contributed by atoms with E-state index in [4.69, 9.17) is 12.2 Å². The molecule has 4 heteroatoms. The van der Waals surface area contributed by atoms with E-state index in [9.17, 15) is 4.79 Å². The minimum Gasteiger partial charge on any atom is -0.286 e. The molecule has 1 aliphatic heterocycles. The number of hydrogen-bond donors (Lipinski definition) is 0. The van der Waals surface area contributed by atoms with Gasteiger partial charge in [0, 0.05) is 0 Å². The van der Waals surface area contributed by atoms with Gasteiger partial charge in [-0.3, -0.25) is 9.69 Å². The van der Waals surface area contributed by atoms with E-state index >= 15 is 0 Å². The zero-order valence-corrected chi connectivity index (χ0v) is 15.8. The summed E-state index contributed by atoms with van der Waals surface area (Å²) in [6.07, 6.45) is 3.98. The lowest BCUT2D eigenvalue weighted by atomic mass is 10.1. The van der Waals surface area contributed by atoms with Gasteiger partial charge in [-0.2, -0.15) is 0 Å². The van der Waals surface area contributed by atoms with Crippen LogP contribution >= 0.6 is 24.0 Å². The second-order valence-corrected chi connectivity index (χ2v) is 7.61. The van der Waals surface area contributed by atoms with Gasteiger partial charge in [0.1, 0.15) is 4.32 Å². The second kappa shape index (κ2) is 7.81. The molecule has 1 heterocycles. The highest BCUT2D eigenvalue weighted by Gasteiger charge is 2.35. The summed E-state index contributed by atoms with van der Waals surface area (Å²) in [4.78, 5) is 15.2. The molecule has 3 rings (SSSR count). The Bertz CT molecular complexity index is 841. The van der Waals surface area contributed by atoms with Crippen LogP contribution < -0.4 is 0 Å². The van der Waals surface area contributed by atoms with Gasteiger partial charge in [-0.25, -0.2) is 0 Å². The third-order valence-corrected chi connectivity index (χ3v) is 5.38. The van der Waals surface area contributed by atoms with Crippen molar-refractivity contribution in [2.75, 3.05) is 0 Å². The highest BCUT2D eigenvalue weighted by Crippen LogP contribution is 2.37. The molecule has 0 aromatic heterocycles. The molecule has 0 unspecified atom stereocenters. The second-order valence-electron chi connectivity index (χ2n) is 5.94. The van der Waals surface area contributed by atoms with E-state index in [-0.39, 0.29) is 11.9 Å². The van der Waals surface area contributed by atoms with E-state index < -0.39 is 0 Å². The third-order valence-electron chi connectivity index (χ3n) is 4.05. The van der Waals surface area contributed by atoms with Crippen LogP contribution in [0.15, 0.2) is 77.2 Å². The first-order valence-corrected chi connectivity index (χ1v) is 9.34. The number of amides is 1. The summed E-state index contributed by atoms with van der Waals surface area (Å²) in [6, 6.07) is 20.0. The normalized spacial score (nSPS) is 18.1. The summed E-state index contributed by atoms with van der Waals surface area (Å²) >= 11 is 6.83. The molecule has 2 aromatic carbocycles. The maximum absolute atomic E-state index is 12.8. The van der Waals surface area contributed by atoms with Crippen LogP contribution in [0.25, 0.3) is 6.08 Å². The molecule has 25 heavy (non-hydrogen) atoms. The zero-order chi connectivity index (χ0) is 17.8. The van der Waals surface area contributed by atoms with Crippen LogP contribution in [0.3, 0.4) is 0 Å². The Kier molecular flexibility index (Phi) is 5.51. The topological polar surface area (TPSA) is 20.3 Å². The molecule has 1 fully saturated rings. The molecule has 2 nitrogen and oxygen atoms in total. The van der Waals surface area contributed by atoms with Gasteiger partial charge in [0.25, 0.3) is 5.91 Å². The molecular formula is C21H19NOS2. The average Bonchev–Trinajstić information content (AvgIpc) is 2.89. The Morgan fingerprint density at radius 3 is 2.32 bits per heavy atom. The first kappa shape index (κ1) is 17.6. The number of benzene rings is 2. The molecule has 0 spiro atoms. The fourth-order valence-electron chi connectivity index (χ4n) is 2.75. The Hall–Kier alpha value is -2.17. The number of carbonyl (C=O) groups excluding carboxylic acids is 1. The summed E-state index contributed by atoms with van der Waals surface area (Å²) in [5.41, 5.74) is 3.22. The van der Waals surface area contributed by atoms with Crippen LogP contribution in [-0.2, 0) is 4.79 Å². The maximum Gasteiger partial charge on any atom is 0.266 e. The number of nitrogens with zero attached hydrogens (tertiary/aromatic N) is 1. The fourth-order valence-corrected chi connectivity index (χ4v) is 4.22. The van der Waals surface area contributed by atoms with Crippen molar-refractivity contribution in [3.05, 3.63) is 88.3 Å². The van der Waals surface area contributed by atoms with Gasteiger partial charge >= 0.3 is 0 Å². The Morgan fingerprint density at radius 2 is 1.68 bits per heavy atom. The molecule has 0 N–H and O–H groups in total. The molecule has 0 radical (unpaired) electrons. The highest BCUT2D eigenvalue weighted by atomic mass is 32.2. The Morgan fingerprint density at radius 1 is 1.08 bits per heavy atom. The molecular weight excluding hydrogens is 346 g/mol. The maximum atomic E-state index is 12.8. The van der Waals surface area contributed by atoms with Crippen LogP contribution in [0.1, 0.15) is 31.0 Å². The summed E-state index contributed by atoms with van der Waals surface area (Å²) in [5, 5.41) is 0. The van der Waals surface area contributed by atoms with Crippen LogP contribution in [0.2, 0.25) is 0 Å². The van der Waals surface area contributed by atoms with Crippen molar-refractivity contribution in [3.8, 4) is 0 Å². The monoisotopic (exact) mass is 365 g/mol. The van der Waals surface area contributed by atoms with Gasteiger partial charge in [-0.1, -0.05) is 90.7 Å². The highest BCUT2D eigenvalue weighted by molar-refractivity contribution is 8.26. The smallest absolute Gasteiger partial charge is 0.266 e. The predicted octanol–water partition coefficient (Wildman–Crippen LogP) is 5.60. The molecule has 1 atom stereocenters. The number of thiocarbonyl (C=S) groups is 1. The zero-order valence-electron chi connectivity index (χ0n) is 14.2. The van der Waals surface area contributed by atoms with E-state index in [1.165, 1.54) is 11.8 Å². The third kappa shape index (κ3) is 4.09. The van der Waals surface area contributed by atoms with Crippen molar-refractivity contribution in [3.63, 3.8) is 0 Å². The molecule has 1 aliphatic rings. The largest absolute Gasteiger partial charge is 0.286 e. The van der Waals surface area contributed by atoms with Crippen molar-refractivity contribution < 1.29 is 4.79 Å². The van der Waals surface area contributed by atoms with Gasteiger partial charge in [0.2, 0.25) is 0 Å². The summed E-state index contributed by atoms with van der Waals surface area (Å²) in [7, 11) is 0. The van der Waals surface area contributed by atoms with E-state index in [2.05, 4.69) is 6.08 Å². The van der Waals surface area contributed by atoms with Crippen molar-refractivity contribution in [1.82, 2.24) is 4.90 Å². The van der Waals surface area contributed by atoms with Gasteiger partial charge in [0.05, 0.1) is 10.9 Å². The molecule has 1 amide bonds. The van der Waals surface area contributed by atoms with Crippen molar-refractivity contribution in [2.45, 2.75) is 19.9 Å². The lowest BCUT2D eigenvalue weighted by Crippen LogP contribution is -2.31. The van der Waals surface area contributed by atoms with Crippen molar-refractivity contribution >= 4 is 40.3 Å². The number of rotatable bonds is 4. The average molecular weight is 366 g/mol. The van der Waals surface area contributed by atoms with Crippen LogP contribution in [0.4, 0.5) is 0 Å². The molecule has 1 saturated heterocycles. The number of hydrogen-bond acceptors (Lipinski definition) is 3. The van der Waals surface area contributed by atoms with E-state index in [0.29, 0.717) is 9.23 Å². The lowest BCUT2D eigenvalue weighted by Gasteiger charge is -2.23. The number of carbonyl (C=O) groups is 1. The van der Waals surface area contributed by atoms with Crippen LogP contribution in [-0.4, -0.2) is 15.1 Å². The quantitative estimate of drug-likeness (QED) is 0.520. The predicted molar refractivity (Wildman–Crippen MR) is 110 cm³/mol. The van der Waals surface area contributed by atoms with Crippen LogP contribution in [0, 0.1) is 0 Å². The Labute approximate surface area is 158 Å². The minimum absolute atomic E-state index is 0.0211. The number of thioether (sulfide) groups is 1. The van der Waals surface area contributed by atoms with Crippen molar-refractivity contribution in [2.24, 2.45) is 0 Å². The minimum atomic E-state index is -0.0713.